The van der Waals surface area contributed by atoms with Gasteiger partial charge in [-0.3, -0.25) is 14.5 Å². The van der Waals surface area contributed by atoms with E-state index in [9.17, 15) is 14.0 Å². The van der Waals surface area contributed by atoms with Gasteiger partial charge < -0.3 is 15.2 Å². The van der Waals surface area contributed by atoms with Gasteiger partial charge in [0.25, 0.3) is 11.5 Å². The number of nitrogens with one attached hydrogen (secondary N) is 2. The highest BCUT2D eigenvalue weighted by Crippen LogP contribution is 2.28. The number of fused-ring (bicyclic) bond motifs is 3. The van der Waals surface area contributed by atoms with Gasteiger partial charge >= 0.3 is 0 Å². The molecule has 34 heavy (non-hydrogen) atoms. The zero-order valence-corrected chi connectivity index (χ0v) is 19.5. The molecule has 1 aliphatic heterocycles. The molecule has 1 amide bonds. The molecule has 2 N–H and O–H groups in total. The molecule has 4 heterocycles. The van der Waals surface area contributed by atoms with E-state index >= 15 is 0 Å². The van der Waals surface area contributed by atoms with Gasteiger partial charge in [0.05, 0.1) is 33.6 Å². The van der Waals surface area contributed by atoms with Crippen LogP contribution in [0.25, 0.3) is 16.6 Å². The molecule has 0 bridgehead atoms. The Balaban J connectivity index is 1.32. The van der Waals surface area contributed by atoms with Crippen molar-refractivity contribution in [3.63, 3.8) is 0 Å². The van der Waals surface area contributed by atoms with Crippen molar-refractivity contribution >= 4 is 39.7 Å². The van der Waals surface area contributed by atoms with Gasteiger partial charge in [-0.1, -0.05) is 17.7 Å². The van der Waals surface area contributed by atoms with Crippen molar-refractivity contribution in [3.8, 4) is 0 Å². The molecular weight excluding hydrogens is 461 g/mol. The summed E-state index contributed by atoms with van der Waals surface area (Å²) in [6.07, 6.45) is 1.02. The van der Waals surface area contributed by atoms with Crippen molar-refractivity contribution in [2.45, 2.75) is 13.5 Å². The molecule has 1 saturated heterocycles. The number of anilines is 1. The Bertz CT molecular complexity index is 1470. The summed E-state index contributed by atoms with van der Waals surface area (Å²) in [7, 11) is 1.59. The zero-order chi connectivity index (χ0) is 24.0. The zero-order valence-electron chi connectivity index (χ0n) is 18.7. The molecule has 11 heteroatoms. The number of nitrogens with zero attached hydrogens (tertiary/aromatic N) is 5. The van der Waals surface area contributed by atoms with Crippen molar-refractivity contribution in [3.05, 3.63) is 68.6 Å². The SMILES string of the molecule is CNC(=O)c1ccc(N2CCN(Cc3ccc4c([nH]c(=O)c5c(F)cnn54)c3Cl)CC2)c(C)n1. The number of aryl methyl sites for hydroxylation is 1. The van der Waals surface area contributed by atoms with Crippen LogP contribution in [0.3, 0.4) is 0 Å². The van der Waals surface area contributed by atoms with E-state index in [-0.39, 0.29) is 11.4 Å². The summed E-state index contributed by atoms with van der Waals surface area (Å²) >= 11 is 6.65. The van der Waals surface area contributed by atoms with E-state index in [4.69, 9.17) is 11.6 Å². The fraction of sp³-hybridized carbons (Fsp3) is 0.304. The second kappa shape index (κ2) is 8.69. The lowest BCUT2D eigenvalue weighted by Gasteiger charge is -2.36. The summed E-state index contributed by atoms with van der Waals surface area (Å²) in [5.41, 5.74) is 3.40. The fourth-order valence-corrected chi connectivity index (χ4v) is 4.71. The van der Waals surface area contributed by atoms with Crippen LogP contribution >= 0.6 is 11.6 Å². The minimum Gasteiger partial charge on any atom is -0.368 e. The van der Waals surface area contributed by atoms with Crippen LogP contribution in [0.1, 0.15) is 21.7 Å². The molecule has 1 aromatic carbocycles. The number of pyridine rings is 1. The number of H-pyrrole nitrogens is 1. The van der Waals surface area contributed by atoms with E-state index in [1.807, 2.05) is 19.1 Å². The number of hydrogen-bond acceptors (Lipinski definition) is 6. The third-order valence-corrected chi connectivity index (χ3v) is 6.66. The highest BCUT2D eigenvalue weighted by molar-refractivity contribution is 6.35. The Morgan fingerprint density at radius 2 is 1.97 bits per heavy atom. The smallest absolute Gasteiger partial charge is 0.277 e. The predicted octanol–water partition coefficient (Wildman–Crippen LogP) is 2.35. The Morgan fingerprint density at radius 3 is 2.68 bits per heavy atom. The van der Waals surface area contributed by atoms with Crippen molar-refractivity contribution in [2.24, 2.45) is 0 Å². The van der Waals surface area contributed by atoms with Crippen molar-refractivity contribution in [1.82, 2.24) is 29.8 Å². The number of halogens is 2. The molecule has 0 atom stereocenters. The van der Waals surface area contributed by atoms with E-state index in [1.165, 1.54) is 4.52 Å². The van der Waals surface area contributed by atoms with Gasteiger partial charge in [-0.05, 0) is 30.7 Å². The summed E-state index contributed by atoms with van der Waals surface area (Å²) in [6, 6.07) is 7.37. The number of amides is 1. The Morgan fingerprint density at radius 1 is 1.21 bits per heavy atom. The minimum absolute atomic E-state index is 0.124. The number of piperazine rings is 1. The number of carbonyl (C=O) groups excluding carboxylic acids is 1. The van der Waals surface area contributed by atoms with Gasteiger partial charge in [0.15, 0.2) is 11.3 Å². The van der Waals surface area contributed by atoms with E-state index < -0.39 is 11.4 Å². The van der Waals surface area contributed by atoms with Gasteiger partial charge in [0.1, 0.15) is 5.69 Å². The lowest BCUT2D eigenvalue weighted by atomic mass is 10.1. The lowest BCUT2D eigenvalue weighted by molar-refractivity contribution is 0.0958. The first-order valence-electron chi connectivity index (χ1n) is 10.9. The van der Waals surface area contributed by atoms with Crippen LogP contribution in [0.4, 0.5) is 10.1 Å². The van der Waals surface area contributed by atoms with E-state index in [0.717, 1.165) is 49.3 Å². The van der Waals surface area contributed by atoms with Crippen LogP contribution in [-0.2, 0) is 6.54 Å². The number of hydrogen-bond donors (Lipinski definition) is 2. The number of aromatic amines is 1. The molecule has 3 aromatic heterocycles. The number of aromatic nitrogens is 4. The first-order valence-corrected chi connectivity index (χ1v) is 11.3. The maximum absolute atomic E-state index is 13.9. The Labute approximate surface area is 199 Å². The summed E-state index contributed by atoms with van der Waals surface area (Å²) in [5, 5.41) is 7.00. The van der Waals surface area contributed by atoms with Crippen LogP contribution in [0.5, 0.6) is 0 Å². The normalized spacial score (nSPS) is 14.8. The summed E-state index contributed by atoms with van der Waals surface area (Å²) in [5.74, 6) is -0.874. The van der Waals surface area contributed by atoms with Crippen LogP contribution in [0.15, 0.2) is 35.3 Å². The largest absolute Gasteiger partial charge is 0.368 e. The van der Waals surface area contributed by atoms with E-state index in [1.54, 1.807) is 19.2 Å². The fourth-order valence-electron chi connectivity index (χ4n) is 4.45. The molecule has 0 aliphatic carbocycles. The summed E-state index contributed by atoms with van der Waals surface area (Å²) < 4.78 is 15.2. The number of benzene rings is 1. The minimum atomic E-state index is -0.671. The van der Waals surface area contributed by atoms with Gasteiger partial charge in [0, 0.05) is 39.8 Å². The van der Waals surface area contributed by atoms with Gasteiger partial charge in [0.2, 0.25) is 0 Å². The highest BCUT2D eigenvalue weighted by Gasteiger charge is 2.22. The first kappa shape index (κ1) is 22.3. The molecule has 0 unspecified atom stereocenters. The third-order valence-electron chi connectivity index (χ3n) is 6.23. The van der Waals surface area contributed by atoms with Crippen molar-refractivity contribution in [1.29, 1.82) is 0 Å². The molecule has 5 rings (SSSR count). The predicted molar refractivity (Wildman–Crippen MR) is 128 cm³/mol. The number of carbonyl (C=O) groups is 1. The molecule has 1 fully saturated rings. The monoisotopic (exact) mass is 483 g/mol. The van der Waals surface area contributed by atoms with Crippen LogP contribution in [-0.4, -0.2) is 63.6 Å². The molecule has 1 aliphatic rings. The molecule has 176 valence electrons. The van der Waals surface area contributed by atoms with Crippen LogP contribution < -0.4 is 15.8 Å². The van der Waals surface area contributed by atoms with Crippen molar-refractivity contribution in [2.75, 3.05) is 38.1 Å². The Kier molecular flexibility index (Phi) is 5.70. The lowest BCUT2D eigenvalue weighted by Crippen LogP contribution is -2.46. The first-order chi connectivity index (χ1) is 16.4. The molecule has 9 nitrogen and oxygen atoms in total. The maximum Gasteiger partial charge on any atom is 0.277 e. The van der Waals surface area contributed by atoms with Gasteiger partial charge in [-0.25, -0.2) is 13.9 Å². The molecule has 4 aromatic rings. The molecule has 0 spiro atoms. The summed E-state index contributed by atoms with van der Waals surface area (Å²) in [4.78, 5) is 35.8. The second-order valence-corrected chi connectivity index (χ2v) is 8.66. The van der Waals surface area contributed by atoms with Crippen molar-refractivity contribution < 1.29 is 9.18 Å². The molecular formula is C23H23ClFN7O2. The second-order valence-electron chi connectivity index (χ2n) is 8.28. The third kappa shape index (κ3) is 3.78. The Hall–Kier alpha value is -3.50. The maximum atomic E-state index is 13.9. The average Bonchev–Trinajstić information content (AvgIpc) is 3.23. The molecule has 0 radical (unpaired) electrons. The average molecular weight is 484 g/mol. The van der Waals surface area contributed by atoms with Gasteiger partial charge in [-0.15, -0.1) is 0 Å². The quantitative estimate of drug-likeness (QED) is 0.462. The van der Waals surface area contributed by atoms with Gasteiger partial charge in [-0.2, -0.15) is 5.10 Å². The molecule has 0 saturated carbocycles. The van der Waals surface area contributed by atoms with E-state index in [2.05, 4.69) is 30.2 Å². The van der Waals surface area contributed by atoms with Crippen LogP contribution in [0.2, 0.25) is 5.02 Å². The summed E-state index contributed by atoms with van der Waals surface area (Å²) in [6.45, 7) is 5.75. The topological polar surface area (TPSA) is 98.6 Å². The van der Waals surface area contributed by atoms with E-state index in [0.29, 0.717) is 28.3 Å². The highest BCUT2D eigenvalue weighted by atomic mass is 35.5. The number of rotatable bonds is 4. The standard InChI is InChI=1S/C23H23ClFN7O2/c1-13-17(6-4-16(28-13)22(33)26-2)31-9-7-30(8-10-31)12-14-3-5-18-20(19(14)24)29-23(34)21-15(25)11-27-32(18)21/h3-6,11H,7-10,12H2,1-2H3,(H,26,33)(H,29,34). The van der Waals surface area contributed by atoms with Crippen LogP contribution in [0, 0.1) is 12.7 Å².